The molecule has 1 aliphatic heterocycles. The Bertz CT molecular complexity index is 1770. The number of aromatic nitrogens is 2. The molecule has 0 aliphatic carbocycles. The lowest BCUT2D eigenvalue weighted by molar-refractivity contribution is 0.0144. The van der Waals surface area contributed by atoms with E-state index in [9.17, 15) is 18.0 Å². The SMILES string of the molecule is COC(=O)c1cc(OC2CN(Cc3ccc(NS(=O)(=O)c4cnn(-c5ccc(Cl)cc5)c4)c(C(=O)OC)c3)C2)ccc1N. The third-order valence-corrected chi connectivity index (χ3v) is 8.33. The molecule has 224 valence electrons. The van der Waals surface area contributed by atoms with E-state index in [0.717, 1.165) is 5.56 Å². The highest BCUT2D eigenvalue weighted by Crippen LogP contribution is 2.27. The Balaban J connectivity index is 1.25. The first-order chi connectivity index (χ1) is 20.6. The number of nitrogens with one attached hydrogen (secondary N) is 1. The first-order valence-electron chi connectivity index (χ1n) is 13.0. The molecule has 0 spiro atoms. The lowest BCUT2D eigenvalue weighted by Crippen LogP contribution is -2.53. The molecule has 14 heteroatoms. The number of ether oxygens (including phenoxy) is 3. The lowest BCUT2D eigenvalue weighted by atomic mass is 10.1. The molecule has 0 bridgehead atoms. The van der Waals surface area contributed by atoms with Crippen molar-refractivity contribution in [2.24, 2.45) is 0 Å². The molecular formula is C29H28ClN5O7S. The zero-order valence-electron chi connectivity index (χ0n) is 23.2. The third kappa shape index (κ3) is 6.74. The number of halogens is 1. The van der Waals surface area contributed by atoms with Crippen molar-refractivity contribution in [2.75, 3.05) is 37.8 Å². The van der Waals surface area contributed by atoms with Crippen LogP contribution >= 0.6 is 11.6 Å². The quantitative estimate of drug-likeness (QED) is 0.197. The molecule has 12 nitrogen and oxygen atoms in total. The van der Waals surface area contributed by atoms with E-state index in [0.29, 0.717) is 41.8 Å². The van der Waals surface area contributed by atoms with Gasteiger partial charge in [-0.25, -0.2) is 22.7 Å². The van der Waals surface area contributed by atoms with Crippen molar-refractivity contribution in [3.63, 3.8) is 0 Å². The van der Waals surface area contributed by atoms with Crippen molar-refractivity contribution < 1.29 is 32.2 Å². The number of carbonyl (C=O) groups excluding carboxylic acids is 2. The molecule has 3 aromatic carbocycles. The van der Waals surface area contributed by atoms with Crippen LogP contribution in [-0.4, -0.2) is 68.4 Å². The third-order valence-electron chi connectivity index (χ3n) is 6.76. The molecule has 1 saturated heterocycles. The van der Waals surface area contributed by atoms with E-state index in [-0.39, 0.29) is 27.8 Å². The molecule has 1 aliphatic rings. The fourth-order valence-electron chi connectivity index (χ4n) is 4.51. The minimum absolute atomic E-state index is 0.0687. The van der Waals surface area contributed by atoms with E-state index in [2.05, 4.69) is 14.7 Å². The van der Waals surface area contributed by atoms with Gasteiger partial charge < -0.3 is 19.9 Å². The molecule has 0 unspecified atom stereocenters. The number of methoxy groups -OCH3 is 2. The Labute approximate surface area is 253 Å². The summed E-state index contributed by atoms with van der Waals surface area (Å²) in [4.78, 5) is 26.5. The second-order valence-corrected chi connectivity index (χ2v) is 11.9. The monoisotopic (exact) mass is 625 g/mol. The van der Waals surface area contributed by atoms with E-state index in [1.807, 2.05) is 0 Å². The Morgan fingerprint density at radius 3 is 2.40 bits per heavy atom. The summed E-state index contributed by atoms with van der Waals surface area (Å²) in [6.07, 6.45) is 2.46. The molecule has 0 radical (unpaired) electrons. The molecule has 2 heterocycles. The summed E-state index contributed by atoms with van der Waals surface area (Å²) >= 11 is 5.93. The highest BCUT2D eigenvalue weighted by Gasteiger charge is 2.29. The highest BCUT2D eigenvalue weighted by atomic mass is 35.5. The molecule has 4 aromatic rings. The zero-order chi connectivity index (χ0) is 30.7. The first-order valence-corrected chi connectivity index (χ1v) is 14.8. The van der Waals surface area contributed by atoms with Gasteiger partial charge in [-0.1, -0.05) is 17.7 Å². The van der Waals surface area contributed by atoms with Crippen LogP contribution in [0.1, 0.15) is 26.3 Å². The fraction of sp³-hybridized carbons (Fsp3) is 0.207. The molecule has 0 saturated carbocycles. The summed E-state index contributed by atoms with van der Waals surface area (Å²) in [6, 6.07) is 16.4. The van der Waals surface area contributed by atoms with Gasteiger partial charge in [0.05, 0.1) is 49.1 Å². The normalized spacial score (nSPS) is 13.7. The maximum atomic E-state index is 13.2. The van der Waals surface area contributed by atoms with Crippen molar-refractivity contribution in [1.82, 2.24) is 14.7 Å². The minimum atomic E-state index is -4.08. The Morgan fingerprint density at radius 2 is 1.70 bits per heavy atom. The van der Waals surface area contributed by atoms with Gasteiger partial charge >= 0.3 is 11.9 Å². The van der Waals surface area contributed by atoms with Gasteiger partial charge in [-0.2, -0.15) is 5.10 Å². The van der Waals surface area contributed by atoms with Gasteiger partial charge in [-0.05, 0) is 60.2 Å². The molecule has 0 amide bonds. The van der Waals surface area contributed by atoms with E-state index < -0.39 is 22.0 Å². The summed E-state index contributed by atoms with van der Waals surface area (Å²) in [5.74, 6) is -0.730. The summed E-state index contributed by atoms with van der Waals surface area (Å²) < 4.78 is 45.9. The molecule has 43 heavy (non-hydrogen) atoms. The molecule has 1 fully saturated rings. The number of nitrogens with zero attached hydrogens (tertiary/aromatic N) is 3. The van der Waals surface area contributed by atoms with E-state index in [1.54, 1.807) is 54.6 Å². The van der Waals surface area contributed by atoms with E-state index >= 15 is 0 Å². The summed E-state index contributed by atoms with van der Waals surface area (Å²) in [5.41, 5.74) is 7.93. The van der Waals surface area contributed by atoms with E-state index in [4.69, 9.17) is 31.5 Å². The van der Waals surface area contributed by atoms with Crippen molar-refractivity contribution >= 4 is 44.9 Å². The Morgan fingerprint density at radius 1 is 1.00 bits per heavy atom. The van der Waals surface area contributed by atoms with Crippen LogP contribution in [0.5, 0.6) is 5.75 Å². The fourth-order valence-corrected chi connectivity index (χ4v) is 5.65. The van der Waals surface area contributed by atoms with Crippen LogP contribution in [-0.2, 0) is 26.0 Å². The number of likely N-dealkylation sites (tertiary alicyclic amines) is 1. The minimum Gasteiger partial charge on any atom is -0.488 e. The van der Waals surface area contributed by atoms with Crippen LogP contribution in [0.25, 0.3) is 5.69 Å². The van der Waals surface area contributed by atoms with Crippen molar-refractivity contribution in [3.05, 3.63) is 94.8 Å². The predicted octanol–water partition coefficient (Wildman–Crippen LogP) is 3.75. The van der Waals surface area contributed by atoms with Gasteiger partial charge in [0.2, 0.25) is 0 Å². The van der Waals surface area contributed by atoms with Gasteiger partial charge in [0.25, 0.3) is 10.0 Å². The average Bonchev–Trinajstić information content (AvgIpc) is 3.48. The highest BCUT2D eigenvalue weighted by molar-refractivity contribution is 7.92. The summed E-state index contributed by atoms with van der Waals surface area (Å²) in [5, 5.41) is 4.68. The van der Waals surface area contributed by atoms with Crippen molar-refractivity contribution in [1.29, 1.82) is 0 Å². The molecule has 3 N–H and O–H groups in total. The standard InChI is InChI=1S/C29H28ClN5O7S/c1-40-28(36)24-12-21(8-9-26(24)31)42-22-15-34(16-22)14-18-3-10-27(25(11-18)29(37)41-2)33-43(38,39)23-13-32-35(17-23)20-6-4-19(30)5-7-20/h3-13,17,22,33H,14-16,31H2,1-2H3. The Hall–Kier alpha value is -4.59. The average molecular weight is 626 g/mol. The number of nitrogen functional groups attached to an aromatic ring is 1. The summed E-state index contributed by atoms with van der Waals surface area (Å²) in [7, 11) is -1.57. The van der Waals surface area contributed by atoms with Crippen LogP contribution in [0.2, 0.25) is 5.02 Å². The van der Waals surface area contributed by atoms with Crippen LogP contribution < -0.4 is 15.2 Å². The summed E-state index contributed by atoms with van der Waals surface area (Å²) in [6.45, 7) is 1.68. The van der Waals surface area contributed by atoms with Gasteiger partial charge in [0, 0.05) is 30.3 Å². The number of hydrogen-bond donors (Lipinski definition) is 2. The Kier molecular flexibility index (Phi) is 8.57. The number of hydrogen-bond acceptors (Lipinski definition) is 10. The predicted molar refractivity (Wildman–Crippen MR) is 159 cm³/mol. The number of esters is 2. The molecular weight excluding hydrogens is 598 g/mol. The lowest BCUT2D eigenvalue weighted by Gasteiger charge is -2.39. The number of sulfonamides is 1. The molecule has 5 rings (SSSR count). The smallest absolute Gasteiger partial charge is 0.340 e. The van der Waals surface area contributed by atoms with Gasteiger partial charge in [0.15, 0.2) is 0 Å². The van der Waals surface area contributed by atoms with Crippen molar-refractivity contribution in [2.45, 2.75) is 17.5 Å². The zero-order valence-corrected chi connectivity index (χ0v) is 24.8. The first kappa shape index (κ1) is 29.9. The maximum absolute atomic E-state index is 13.2. The van der Waals surface area contributed by atoms with E-state index in [1.165, 1.54) is 37.4 Å². The number of benzene rings is 3. The van der Waals surface area contributed by atoms with Gasteiger partial charge in [0.1, 0.15) is 16.7 Å². The second kappa shape index (κ2) is 12.3. The number of anilines is 2. The van der Waals surface area contributed by atoms with Crippen LogP contribution in [0.4, 0.5) is 11.4 Å². The molecule has 1 aromatic heterocycles. The number of nitrogens with two attached hydrogens (primary N) is 1. The van der Waals surface area contributed by atoms with Crippen LogP contribution in [0.3, 0.4) is 0 Å². The van der Waals surface area contributed by atoms with Gasteiger partial charge in [-0.3, -0.25) is 9.62 Å². The van der Waals surface area contributed by atoms with Crippen molar-refractivity contribution in [3.8, 4) is 11.4 Å². The van der Waals surface area contributed by atoms with Crippen LogP contribution in [0.15, 0.2) is 78.0 Å². The number of rotatable bonds is 10. The molecule has 0 atom stereocenters. The van der Waals surface area contributed by atoms with Crippen LogP contribution in [0, 0.1) is 0 Å². The maximum Gasteiger partial charge on any atom is 0.340 e. The van der Waals surface area contributed by atoms with Gasteiger partial charge in [-0.15, -0.1) is 0 Å². The topological polar surface area (TPSA) is 155 Å². The number of carbonyl (C=O) groups is 2. The largest absolute Gasteiger partial charge is 0.488 e. The second-order valence-electron chi connectivity index (χ2n) is 9.75.